The summed E-state index contributed by atoms with van der Waals surface area (Å²) in [5.74, 6) is -0.917. The van der Waals surface area contributed by atoms with Crippen LogP contribution < -0.4 is 0 Å². The molecule has 2 heterocycles. The molecule has 0 saturated carbocycles. The molecule has 0 aliphatic heterocycles. The summed E-state index contributed by atoms with van der Waals surface area (Å²) >= 11 is 0. The first kappa shape index (κ1) is 10.2. The van der Waals surface area contributed by atoms with Crippen LogP contribution in [-0.4, -0.2) is 26.0 Å². The highest BCUT2D eigenvalue weighted by atomic mass is 16.4. The smallest absolute Gasteiger partial charge is 0.309 e. The maximum absolute atomic E-state index is 10.4. The molecule has 0 fully saturated rings. The summed E-state index contributed by atoms with van der Waals surface area (Å²) < 4.78 is 0. The number of aliphatic carboxylic acids is 1. The van der Waals surface area contributed by atoms with Crippen molar-refractivity contribution in [2.24, 2.45) is 0 Å². The lowest BCUT2D eigenvalue weighted by atomic mass is 10.2. The minimum Gasteiger partial charge on any atom is -0.481 e. The molecule has 80 valence electrons. The summed E-state index contributed by atoms with van der Waals surface area (Å²) in [6.07, 6.45) is 4.54. The number of carboxylic acids is 1. The van der Waals surface area contributed by atoms with Crippen molar-refractivity contribution in [2.75, 3.05) is 0 Å². The molecule has 0 atom stereocenters. The molecule has 5 nitrogen and oxygen atoms in total. The van der Waals surface area contributed by atoms with Crippen molar-refractivity contribution >= 4 is 5.97 Å². The molecule has 5 heteroatoms. The van der Waals surface area contributed by atoms with E-state index in [-0.39, 0.29) is 6.42 Å². The lowest BCUT2D eigenvalue weighted by molar-refractivity contribution is -0.136. The zero-order valence-corrected chi connectivity index (χ0v) is 8.37. The average Bonchev–Trinajstić information content (AvgIpc) is 2.30. The van der Waals surface area contributed by atoms with E-state index >= 15 is 0 Å². The Kier molecular flexibility index (Phi) is 2.86. The molecule has 2 rings (SSSR count). The lowest BCUT2D eigenvalue weighted by Gasteiger charge is -1.99. The maximum Gasteiger partial charge on any atom is 0.309 e. The SMILES string of the molecule is O=C(O)Cc1cnc(-c2ccccn2)cn1. The second-order valence-electron chi connectivity index (χ2n) is 3.18. The van der Waals surface area contributed by atoms with Crippen molar-refractivity contribution in [2.45, 2.75) is 6.42 Å². The normalized spacial score (nSPS) is 10.0. The van der Waals surface area contributed by atoms with Crippen molar-refractivity contribution in [3.8, 4) is 11.4 Å². The van der Waals surface area contributed by atoms with E-state index in [0.29, 0.717) is 11.4 Å². The Morgan fingerprint density at radius 1 is 1.12 bits per heavy atom. The molecule has 0 bridgehead atoms. The predicted octanol–water partition coefficient (Wildman–Crippen LogP) is 1.17. The molecule has 0 amide bonds. The van der Waals surface area contributed by atoms with E-state index in [1.807, 2.05) is 18.2 Å². The zero-order chi connectivity index (χ0) is 11.4. The highest BCUT2D eigenvalue weighted by Crippen LogP contribution is 2.11. The van der Waals surface area contributed by atoms with E-state index in [2.05, 4.69) is 15.0 Å². The van der Waals surface area contributed by atoms with Gasteiger partial charge in [-0.1, -0.05) is 6.07 Å². The molecule has 0 aliphatic carbocycles. The summed E-state index contributed by atoms with van der Waals surface area (Å²) in [6.45, 7) is 0. The second-order valence-corrected chi connectivity index (χ2v) is 3.18. The number of aromatic nitrogens is 3. The Morgan fingerprint density at radius 2 is 2.00 bits per heavy atom. The average molecular weight is 215 g/mol. The first-order valence-electron chi connectivity index (χ1n) is 4.70. The van der Waals surface area contributed by atoms with Crippen LogP contribution in [0.15, 0.2) is 36.8 Å². The van der Waals surface area contributed by atoms with Gasteiger partial charge in [-0.2, -0.15) is 0 Å². The summed E-state index contributed by atoms with van der Waals surface area (Å²) in [6, 6.07) is 5.49. The molecule has 2 aromatic heterocycles. The van der Waals surface area contributed by atoms with Gasteiger partial charge < -0.3 is 5.11 Å². The van der Waals surface area contributed by atoms with E-state index in [0.717, 1.165) is 5.69 Å². The van der Waals surface area contributed by atoms with Crippen LogP contribution in [0, 0.1) is 0 Å². The molecular weight excluding hydrogens is 206 g/mol. The lowest BCUT2D eigenvalue weighted by Crippen LogP contribution is -2.03. The molecular formula is C11H9N3O2. The first-order valence-corrected chi connectivity index (χ1v) is 4.70. The molecule has 0 saturated heterocycles. The number of nitrogens with zero attached hydrogens (tertiary/aromatic N) is 3. The fourth-order valence-corrected chi connectivity index (χ4v) is 1.25. The van der Waals surface area contributed by atoms with E-state index in [1.165, 1.54) is 12.4 Å². The number of hydrogen-bond acceptors (Lipinski definition) is 4. The maximum atomic E-state index is 10.4. The van der Waals surface area contributed by atoms with Crippen LogP contribution in [0.1, 0.15) is 5.69 Å². The topological polar surface area (TPSA) is 76.0 Å². The van der Waals surface area contributed by atoms with E-state index in [4.69, 9.17) is 5.11 Å². The van der Waals surface area contributed by atoms with Crippen molar-refractivity contribution in [3.05, 3.63) is 42.5 Å². The summed E-state index contributed by atoms with van der Waals surface area (Å²) in [7, 11) is 0. The molecule has 0 aromatic carbocycles. The summed E-state index contributed by atoms with van der Waals surface area (Å²) in [4.78, 5) is 22.7. The number of rotatable bonds is 3. The fourth-order valence-electron chi connectivity index (χ4n) is 1.25. The summed E-state index contributed by atoms with van der Waals surface area (Å²) in [5.41, 5.74) is 1.79. The van der Waals surface area contributed by atoms with Crippen molar-refractivity contribution in [3.63, 3.8) is 0 Å². The third kappa shape index (κ3) is 2.38. The molecule has 16 heavy (non-hydrogen) atoms. The van der Waals surface area contributed by atoms with Gasteiger partial charge >= 0.3 is 5.97 Å². The van der Waals surface area contributed by atoms with E-state index in [1.54, 1.807) is 6.20 Å². The van der Waals surface area contributed by atoms with Gasteiger partial charge in [-0.25, -0.2) is 0 Å². The van der Waals surface area contributed by atoms with Crippen LogP contribution in [-0.2, 0) is 11.2 Å². The van der Waals surface area contributed by atoms with Gasteiger partial charge in [-0.15, -0.1) is 0 Å². The van der Waals surface area contributed by atoms with Crippen LogP contribution in [0.25, 0.3) is 11.4 Å². The van der Waals surface area contributed by atoms with Gasteiger partial charge in [0.25, 0.3) is 0 Å². The Balaban J connectivity index is 2.23. The van der Waals surface area contributed by atoms with Crippen molar-refractivity contribution < 1.29 is 9.90 Å². The standard InChI is InChI=1S/C11H9N3O2/c15-11(16)5-8-6-14-10(7-13-8)9-3-1-2-4-12-9/h1-4,6-7H,5H2,(H,15,16). The molecule has 0 aliphatic rings. The second kappa shape index (κ2) is 4.48. The monoisotopic (exact) mass is 215 g/mol. The van der Waals surface area contributed by atoms with Gasteiger partial charge in [0.15, 0.2) is 0 Å². The Hall–Kier alpha value is -2.30. The van der Waals surface area contributed by atoms with Gasteiger partial charge in [-0.3, -0.25) is 19.7 Å². The van der Waals surface area contributed by atoms with Gasteiger partial charge in [-0.05, 0) is 12.1 Å². The largest absolute Gasteiger partial charge is 0.481 e. The quantitative estimate of drug-likeness (QED) is 0.831. The Morgan fingerprint density at radius 3 is 2.56 bits per heavy atom. The Labute approximate surface area is 91.8 Å². The van der Waals surface area contributed by atoms with Crippen LogP contribution in [0.3, 0.4) is 0 Å². The molecule has 2 aromatic rings. The third-order valence-electron chi connectivity index (χ3n) is 1.96. The van der Waals surface area contributed by atoms with Crippen LogP contribution in [0.2, 0.25) is 0 Å². The predicted molar refractivity (Wildman–Crippen MR) is 56.6 cm³/mol. The number of hydrogen-bond donors (Lipinski definition) is 1. The zero-order valence-electron chi connectivity index (χ0n) is 8.37. The molecule has 1 N–H and O–H groups in total. The first-order chi connectivity index (χ1) is 7.75. The van der Waals surface area contributed by atoms with Gasteiger partial charge in [0, 0.05) is 12.4 Å². The van der Waals surface area contributed by atoms with E-state index in [9.17, 15) is 4.79 Å². The van der Waals surface area contributed by atoms with Crippen LogP contribution in [0.4, 0.5) is 0 Å². The van der Waals surface area contributed by atoms with Gasteiger partial charge in [0.2, 0.25) is 0 Å². The van der Waals surface area contributed by atoms with Crippen LogP contribution in [0.5, 0.6) is 0 Å². The highest BCUT2D eigenvalue weighted by molar-refractivity contribution is 5.69. The van der Waals surface area contributed by atoms with Gasteiger partial charge in [0.1, 0.15) is 5.69 Å². The molecule has 0 spiro atoms. The number of carboxylic acid groups (broad SMARTS) is 1. The molecule has 0 radical (unpaired) electrons. The van der Waals surface area contributed by atoms with Crippen molar-refractivity contribution in [1.29, 1.82) is 0 Å². The number of pyridine rings is 1. The van der Waals surface area contributed by atoms with Crippen molar-refractivity contribution in [1.82, 2.24) is 15.0 Å². The number of carbonyl (C=O) groups is 1. The Bertz CT molecular complexity index is 482. The van der Waals surface area contributed by atoms with E-state index < -0.39 is 5.97 Å². The third-order valence-corrected chi connectivity index (χ3v) is 1.96. The minimum absolute atomic E-state index is 0.116. The van der Waals surface area contributed by atoms with Crippen LogP contribution >= 0.6 is 0 Å². The highest BCUT2D eigenvalue weighted by Gasteiger charge is 2.04. The fraction of sp³-hybridized carbons (Fsp3) is 0.0909. The summed E-state index contributed by atoms with van der Waals surface area (Å²) in [5, 5.41) is 8.57. The molecule has 0 unspecified atom stereocenters. The van der Waals surface area contributed by atoms with Gasteiger partial charge in [0.05, 0.1) is 24.0 Å². The minimum atomic E-state index is -0.917.